The largest absolute Gasteiger partial charge is 0.353 e. The number of rotatable bonds is 4. The Balaban J connectivity index is 0.00000147. The molecule has 1 saturated heterocycles. The molecule has 4 heteroatoms. The standard InChI is InChI=1S/C16H22N2O.ClH/c19-15(18-14-6-10-17-11-7-14)16(8-9-16)12-13-4-2-1-3-5-13;/h1-5,14,17H,6-12H2,(H,18,19);1H. The maximum absolute atomic E-state index is 12.5. The molecule has 1 aromatic carbocycles. The number of carbonyl (C=O) groups excluding carboxylic acids is 1. The van der Waals surface area contributed by atoms with Crippen molar-refractivity contribution in [3.8, 4) is 0 Å². The minimum atomic E-state index is -0.105. The summed E-state index contributed by atoms with van der Waals surface area (Å²) in [6, 6.07) is 10.8. The molecule has 1 heterocycles. The topological polar surface area (TPSA) is 41.1 Å². The van der Waals surface area contributed by atoms with Gasteiger partial charge in [-0.1, -0.05) is 30.3 Å². The summed E-state index contributed by atoms with van der Waals surface area (Å²) >= 11 is 0. The molecule has 2 aliphatic rings. The third-order valence-electron chi connectivity index (χ3n) is 4.39. The first-order valence-electron chi connectivity index (χ1n) is 7.34. The fourth-order valence-electron chi connectivity index (χ4n) is 2.93. The van der Waals surface area contributed by atoms with E-state index in [9.17, 15) is 4.79 Å². The summed E-state index contributed by atoms with van der Waals surface area (Å²) in [6.45, 7) is 2.05. The number of hydrogen-bond acceptors (Lipinski definition) is 2. The van der Waals surface area contributed by atoms with Crippen molar-refractivity contribution in [2.75, 3.05) is 13.1 Å². The number of carbonyl (C=O) groups is 1. The Labute approximate surface area is 126 Å². The fraction of sp³-hybridized carbons (Fsp3) is 0.562. The molecule has 1 amide bonds. The average molecular weight is 295 g/mol. The van der Waals surface area contributed by atoms with Crippen LogP contribution in [-0.2, 0) is 11.2 Å². The normalized spacial score (nSPS) is 20.8. The lowest BCUT2D eigenvalue weighted by Crippen LogP contribution is -2.45. The SMILES string of the molecule is Cl.O=C(NC1CCNCC1)C1(Cc2ccccc2)CC1. The lowest BCUT2D eigenvalue weighted by atomic mass is 9.94. The van der Waals surface area contributed by atoms with Gasteiger partial charge in [-0.2, -0.15) is 0 Å². The lowest BCUT2D eigenvalue weighted by molar-refractivity contribution is -0.127. The second-order valence-corrected chi connectivity index (χ2v) is 5.94. The molecular weight excluding hydrogens is 272 g/mol. The highest BCUT2D eigenvalue weighted by molar-refractivity contribution is 5.86. The van der Waals surface area contributed by atoms with Crippen LogP contribution in [0.15, 0.2) is 30.3 Å². The molecule has 110 valence electrons. The predicted molar refractivity (Wildman–Crippen MR) is 83.1 cm³/mol. The number of piperidine rings is 1. The van der Waals surface area contributed by atoms with Crippen molar-refractivity contribution in [1.82, 2.24) is 10.6 Å². The van der Waals surface area contributed by atoms with E-state index in [2.05, 4.69) is 34.9 Å². The van der Waals surface area contributed by atoms with E-state index in [0.717, 1.165) is 45.2 Å². The van der Waals surface area contributed by atoms with E-state index in [4.69, 9.17) is 0 Å². The van der Waals surface area contributed by atoms with Gasteiger partial charge in [-0.25, -0.2) is 0 Å². The van der Waals surface area contributed by atoms with Crippen LogP contribution >= 0.6 is 12.4 Å². The molecule has 1 saturated carbocycles. The van der Waals surface area contributed by atoms with E-state index in [1.54, 1.807) is 0 Å². The van der Waals surface area contributed by atoms with Gasteiger partial charge >= 0.3 is 0 Å². The molecule has 3 rings (SSSR count). The third kappa shape index (κ3) is 3.53. The second-order valence-electron chi connectivity index (χ2n) is 5.94. The third-order valence-corrected chi connectivity index (χ3v) is 4.39. The first kappa shape index (κ1) is 15.3. The minimum absolute atomic E-state index is 0. The van der Waals surface area contributed by atoms with Crippen molar-refractivity contribution in [1.29, 1.82) is 0 Å². The van der Waals surface area contributed by atoms with Gasteiger partial charge in [0.2, 0.25) is 5.91 Å². The summed E-state index contributed by atoms with van der Waals surface area (Å²) in [5, 5.41) is 6.59. The van der Waals surface area contributed by atoms with E-state index >= 15 is 0 Å². The Morgan fingerprint density at radius 3 is 2.45 bits per heavy atom. The number of amides is 1. The molecule has 0 bridgehead atoms. The zero-order valence-corrected chi connectivity index (χ0v) is 12.5. The Kier molecular flexibility index (Phi) is 5.06. The van der Waals surface area contributed by atoms with Crippen LogP contribution in [0.4, 0.5) is 0 Å². The fourth-order valence-corrected chi connectivity index (χ4v) is 2.93. The molecule has 0 spiro atoms. The van der Waals surface area contributed by atoms with Gasteiger partial charge in [0, 0.05) is 6.04 Å². The lowest BCUT2D eigenvalue weighted by Gasteiger charge is -2.26. The second kappa shape index (κ2) is 6.59. The summed E-state index contributed by atoms with van der Waals surface area (Å²) in [5.74, 6) is 0.281. The summed E-state index contributed by atoms with van der Waals surface area (Å²) in [4.78, 5) is 12.5. The summed E-state index contributed by atoms with van der Waals surface area (Å²) in [5.41, 5.74) is 1.17. The first-order chi connectivity index (χ1) is 9.28. The molecule has 0 atom stereocenters. The van der Waals surface area contributed by atoms with Crippen LogP contribution in [0.5, 0.6) is 0 Å². The van der Waals surface area contributed by atoms with Gasteiger partial charge in [0.05, 0.1) is 5.41 Å². The molecule has 20 heavy (non-hydrogen) atoms. The van der Waals surface area contributed by atoms with E-state index in [1.807, 2.05) is 6.07 Å². The Bertz CT molecular complexity index is 439. The van der Waals surface area contributed by atoms with Gasteiger partial charge in [0.25, 0.3) is 0 Å². The minimum Gasteiger partial charge on any atom is -0.353 e. The van der Waals surface area contributed by atoms with E-state index in [0.29, 0.717) is 6.04 Å². The quantitative estimate of drug-likeness (QED) is 0.895. The van der Waals surface area contributed by atoms with Crippen molar-refractivity contribution >= 4 is 18.3 Å². The molecule has 1 aliphatic carbocycles. The summed E-state index contributed by atoms with van der Waals surface area (Å²) in [6.07, 6.45) is 5.10. The van der Waals surface area contributed by atoms with Crippen LogP contribution in [-0.4, -0.2) is 25.0 Å². The van der Waals surface area contributed by atoms with E-state index in [1.165, 1.54) is 5.56 Å². The predicted octanol–water partition coefficient (Wildman–Crippen LogP) is 2.30. The summed E-state index contributed by atoms with van der Waals surface area (Å²) in [7, 11) is 0. The van der Waals surface area contributed by atoms with Crippen LogP contribution in [0, 0.1) is 5.41 Å². The van der Waals surface area contributed by atoms with Crippen LogP contribution in [0.25, 0.3) is 0 Å². The molecule has 2 fully saturated rings. The molecule has 0 radical (unpaired) electrons. The van der Waals surface area contributed by atoms with Crippen molar-refractivity contribution in [3.63, 3.8) is 0 Å². The van der Waals surface area contributed by atoms with Crippen molar-refractivity contribution < 1.29 is 4.79 Å². The van der Waals surface area contributed by atoms with Gasteiger partial charge in [-0.3, -0.25) is 4.79 Å². The number of hydrogen-bond donors (Lipinski definition) is 2. The van der Waals surface area contributed by atoms with Crippen molar-refractivity contribution in [2.45, 2.75) is 38.1 Å². The monoisotopic (exact) mass is 294 g/mol. The number of halogens is 1. The molecule has 0 aromatic heterocycles. The highest BCUT2D eigenvalue weighted by Crippen LogP contribution is 2.48. The highest BCUT2D eigenvalue weighted by atomic mass is 35.5. The zero-order chi connectivity index (χ0) is 13.1. The summed E-state index contributed by atoms with van der Waals surface area (Å²) < 4.78 is 0. The first-order valence-corrected chi connectivity index (χ1v) is 7.34. The van der Waals surface area contributed by atoms with Crippen LogP contribution < -0.4 is 10.6 Å². The van der Waals surface area contributed by atoms with E-state index < -0.39 is 0 Å². The highest BCUT2D eigenvalue weighted by Gasteiger charge is 2.49. The van der Waals surface area contributed by atoms with Crippen LogP contribution in [0.1, 0.15) is 31.2 Å². The number of nitrogens with one attached hydrogen (secondary N) is 2. The van der Waals surface area contributed by atoms with Gasteiger partial charge in [0.15, 0.2) is 0 Å². The molecule has 2 N–H and O–H groups in total. The van der Waals surface area contributed by atoms with Gasteiger partial charge in [-0.15, -0.1) is 12.4 Å². The smallest absolute Gasteiger partial charge is 0.226 e. The molecular formula is C16H23ClN2O. The molecule has 3 nitrogen and oxygen atoms in total. The van der Waals surface area contributed by atoms with Crippen LogP contribution in [0.3, 0.4) is 0 Å². The molecule has 1 aromatic rings. The average Bonchev–Trinajstić information content (AvgIpc) is 3.22. The molecule has 1 aliphatic heterocycles. The van der Waals surface area contributed by atoms with Gasteiger partial charge < -0.3 is 10.6 Å². The van der Waals surface area contributed by atoms with E-state index in [-0.39, 0.29) is 23.7 Å². The number of benzene rings is 1. The Hall–Kier alpha value is -1.06. The molecule has 0 unspecified atom stereocenters. The maximum atomic E-state index is 12.5. The van der Waals surface area contributed by atoms with Crippen molar-refractivity contribution in [3.05, 3.63) is 35.9 Å². The van der Waals surface area contributed by atoms with Crippen LogP contribution in [0.2, 0.25) is 0 Å². The van der Waals surface area contributed by atoms with Gasteiger partial charge in [-0.05, 0) is 50.8 Å². The van der Waals surface area contributed by atoms with Crippen molar-refractivity contribution in [2.24, 2.45) is 5.41 Å². The zero-order valence-electron chi connectivity index (χ0n) is 11.7. The maximum Gasteiger partial charge on any atom is 0.226 e. The Morgan fingerprint density at radius 2 is 1.85 bits per heavy atom. The Morgan fingerprint density at radius 1 is 1.20 bits per heavy atom. The van der Waals surface area contributed by atoms with Gasteiger partial charge in [0.1, 0.15) is 0 Å².